The quantitative estimate of drug-likeness (QED) is 0.544. The number of Topliss-reactive ketones (excluding diaryl/α,β-unsaturated/α-hetero) is 1. The smallest absolute Gasteiger partial charge is 0.136 e. The van der Waals surface area contributed by atoms with Gasteiger partial charge in [-0.2, -0.15) is 0 Å². The first-order valence-electron chi connectivity index (χ1n) is 9.98. The van der Waals surface area contributed by atoms with E-state index in [4.69, 9.17) is 0 Å². The lowest BCUT2D eigenvalue weighted by molar-refractivity contribution is -0.122. The molecule has 1 aromatic heterocycles. The summed E-state index contributed by atoms with van der Waals surface area (Å²) in [5.74, 6) is 2.84. The van der Waals surface area contributed by atoms with Gasteiger partial charge in [-0.3, -0.25) is 4.79 Å². The average molecular weight is 353 g/mol. The van der Waals surface area contributed by atoms with Crippen molar-refractivity contribution in [2.75, 3.05) is 0 Å². The Hall–Kier alpha value is -1.15. The van der Waals surface area contributed by atoms with Gasteiger partial charge in [-0.25, -0.2) is 0 Å². The van der Waals surface area contributed by atoms with Gasteiger partial charge in [0.05, 0.1) is 0 Å². The van der Waals surface area contributed by atoms with E-state index in [0.717, 1.165) is 37.0 Å². The predicted molar refractivity (Wildman–Crippen MR) is 104 cm³/mol. The highest BCUT2D eigenvalue weighted by molar-refractivity contribution is 7.11. The molecule has 0 N–H and O–H groups in total. The first kappa shape index (κ1) is 16.1. The fraction of sp³-hybridized carbons (Fsp3) is 0.609. The molecule has 132 valence electrons. The summed E-state index contributed by atoms with van der Waals surface area (Å²) in [6.45, 7) is 5.02. The second-order valence-corrected chi connectivity index (χ2v) is 10.2. The first-order valence-corrected chi connectivity index (χ1v) is 10.9. The maximum Gasteiger partial charge on any atom is 0.136 e. The zero-order valence-corrected chi connectivity index (χ0v) is 16.2. The second-order valence-electron chi connectivity index (χ2n) is 9.26. The van der Waals surface area contributed by atoms with E-state index in [1.807, 2.05) is 11.3 Å². The monoisotopic (exact) mass is 352 g/mol. The van der Waals surface area contributed by atoms with Crippen LogP contribution < -0.4 is 0 Å². The van der Waals surface area contributed by atoms with E-state index in [2.05, 4.69) is 43.5 Å². The number of fused-ring (bicyclic) bond motifs is 5. The average Bonchev–Trinajstić information content (AvgIpc) is 3.22. The summed E-state index contributed by atoms with van der Waals surface area (Å²) in [6, 6.07) is 4.50. The number of ketones is 1. The second kappa shape index (κ2) is 5.42. The van der Waals surface area contributed by atoms with Crippen LogP contribution in [0.2, 0.25) is 0 Å². The van der Waals surface area contributed by atoms with Crippen molar-refractivity contribution in [3.05, 3.63) is 40.1 Å². The highest BCUT2D eigenvalue weighted by Crippen LogP contribution is 2.66. The Morgan fingerprint density at radius 3 is 2.76 bits per heavy atom. The van der Waals surface area contributed by atoms with Gasteiger partial charge in [-0.15, -0.1) is 11.3 Å². The lowest BCUT2D eigenvalue weighted by Crippen LogP contribution is -2.49. The molecule has 1 nitrogen and oxygen atoms in total. The van der Waals surface area contributed by atoms with Crippen LogP contribution in [0.15, 0.2) is 35.2 Å². The lowest BCUT2D eigenvalue weighted by atomic mass is 9.47. The van der Waals surface area contributed by atoms with E-state index in [-0.39, 0.29) is 0 Å². The van der Waals surface area contributed by atoms with Gasteiger partial charge < -0.3 is 0 Å². The molecule has 0 saturated heterocycles. The maximum absolute atomic E-state index is 12.0. The number of thiophene rings is 1. The Balaban J connectivity index is 1.49. The van der Waals surface area contributed by atoms with Crippen molar-refractivity contribution in [3.63, 3.8) is 0 Å². The third-order valence-electron chi connectivity index (χ3n) is 8.30. The number of hydrogen-bond acceptors (Lipinski definition) is 2. The minimum atomic E-state index is 0.295. The van der Waals surface area contributed by atoms with Crippen LogP contribution in [0.5, 0.6) is 0 Å². The van der Waals surface area contributed by atoms with Crippen LogP contribution in [0.3, 0.4) is 0 Å². The van der Waals surface area contributed by atoms with E-state index in [1.54, 1.807) is 5.57 Å². The molecule has 4 aliphatic carbocycles. The van der Waals surface area contributed by atoms with Gasteiger partial charge >= 0.3 is 0 Å². The van der Waals surface area contributed by atoms with Gasteiger partial charge in [-0.05, 0) is 77.7 Å². The molecule has 0 radical (unpaired) electrons. The molecule has 2 saturated carbocycles. The molecule has 0 bridgehead atoms. The molecule has 0 spiro atoms. The summed E-state index contributed by atoms with van der Waals surface area (Å²) in [7, 11) is 0. The van der Waals surface area contributed by atoms with E-state index < -0.39 is 0 Å². The first-order chi connectivity index (χ1) is 12.0. The van der Waals surface area contributed by atoms with Crippen molar-refractivity contribution in [2.24, 2.45) is 28.6 Å². The highest BCUT2D eigenvalue weighted by atomic mass is 32.1. The molecule has 5 atom stereocenters. The minimum absolute atomic E-state index is 0.295. The van der Waals surface area contributed by atoms with E-state index in [1.165, 1.54) is 36.1 Å². The van der Waals surface area contributed by atoms with Crippen molar-refractivity contribution in [1.29, 1.82) is 0 Å². The van der Waals surface area contributed by atoms with Crippen LogP contribution in [0.4, 0.5) is 0 Å². The lowest BCUT2D eigenvalue weighted by Gasteiger charge is -2.57. The van der Waals surface area contributed by atoms with Gasteiger partial charge in [-0.1, -0.05) is 37.6 Å². The molecule has 2 fully saturated rings. The Bertz CT molecular complexity index is 770. The number of hydrogen-bond donors (Lipinski definition) is 0. The van der Waals surface area contributed by atoms with Gasteiger partial charge in [0.15, 0.2) is 0 Å². The summed E-state index contributed by atoms with van der Waals surface area (Å²) >= 11 is 1.90. The van der Waals surface area contributed by atoms with Crippen LogP contribution in [-0.4, -0.2) is 5.78 Å². The summed E-state index contributed by atoms with van der Waals surface area (Å²) in [4.78, 5) is 13.5. The molecule has 0 amide bonds. The summed E-state index contributed by atoms with van der Waals surface area (Å²) in [6.07, 6.45) is 12.8. The van der Waals surface area contributed by atoms with Crippen LogP contribution >= 0.6 is 11.3 Å². The Morgan fingerprint density at radius 2 is 1.96 bits per heavy atom. The predicted octanol–water partition coefficient (Wildman–Crippen LogP) is 6.27. The van der Waals surface area contributed by atoms with Crippen LogP contribution in [0.1, 0.15) is 63.7 Å². The number of allylic oxidation sites excluding steroid dienone is 4. The fourth-order valence-electron chi connectivity index (χ4n) is 6.86. The Morgan fingerprint density at radius 1 is 1.08 bits per heavy atom. The molecule has 0 aromatic carbocycles. The molecule has 1 heterocycles. The molecule has 0 unspecified atom stereocenters. The number of rotatable bonds is 1. The molecule has 25 heavy (non-hydrogen) atoms. The van der Waals surface area contributed by atoms with E-state index >= 15 is 0 Å². The molecule has 2 heteroatoms. The number of carbonyl (C=O) groups is 1. The van der Waals surface area contributed by atoms with Crippen molar-refractivity contribution in [1.82, 2.24) is 0 Å². The minimum Gasteiger partial charge on any atom is -0.299 e. The Kier molecular flexibility index (Phi) is 3.48. The van der Waals surface area contributed by atoms with Gasteiger partial charge in [0.2, 0.25) is 0 Å². The summed E-state index contributed by atoms with van der Waals surface area (Å²) < 4.78 is 0. The Labute approximate surface area is 155 Å². The molecule has 5 rings (SSSR count). The van der Waals surface area contributed by atoms with Crippen molar-refractivity contribution < 1.29 is 4.79 Å². The standard InChI is InChI=1S/C23H28OS/c1-22-11-9-16(24)14-15(22)5-6-17-18-7-8-20(21-4-3-13-25-21)23(18,2)12-10-19(17)22/h3-5,8,13,17-19H,6-7,9-12,14H2,1-2H3/t17-,18-,19-,22-,23-/m0/s1. The maximum atomic E-state index is 12.0. The van der Waals surface area contributed by atoms with E-state index in [9.17, 15) is 4.79 Å². The highest BCUT2D eigenvalue weighted by Gasteiger charge is 2.56. The summed E-state index contributed by atoms with van der Waals surface area (Å²) in [5.41, 5.74) is 3.77. The normalized spacial score (nSPS) is 43.0. The third kappa shape index (κ3) is 2.16. The van der Waals surface area contributed by atoms with Gasteiger partial charge in [0, 0.05) is 17.7 Å². The van der Waals surface area contributed by atoms with E-state index in [0.29, 0.717) is 16.6 Å². The fourth-order valence-corrected chi connectivity index (χ4v) is 7.76. The van der Waals surface area contributed by atoms with Gasteiger partial charge in [0.25, 0.3) is 0 Å². The zero-order valence-electron chi connectivity index (χ0n) is 15.4. The largest absolute Gasteiger partial charge is 0.299 e. The SMILES string of the molecule is C[C@]12CCC(=O)CC1=CC[C@@H]1[C@@H]2CC[C@]2(C)C(c3cccs3)=CC[C@@H]12. The molecule has 4 aliphatic rings. The van der Waals surface area contributed by atoms with Crippen molar-refractivity contribution in [3.8, 4) is 0 Å². The number of carbonyl (C=O) groups excluding carboxylic acids is 1. The van der Waals surface area contributed by atoms with Crippen molar-refractivity contribution in [2.45, 2.75) is 58.8 Å². The molecular formula is C23H28OS. The van der Waals surface area contributed by atoms with Crippen LogP contribution in [0.25, 0.3) is 5.57 Å². The molecular weight excluding hydrogens is 324 g/mol. The van der Waals surface area contributed by atoms with Crippen molar-refractivity contribution >= 4 is 22.7 Å². The molecule has 1 aromatic rings. The van der Waals surface area contributed by atoms with Crippen LogP contribution in [0, 0.1) is 28.6 Å². The van der Waals surface area contributed by atoms with Gasteiger partial charge in [0.1, 0.15) is 5.78 Å². The molecule has 0 aliphatic heterocycles. The topological polar surface area (TPSA) is 17.1 Å². The van der Waals surface area contributed by atoms with Crippen LogP contribution in [-0.2, 0) is 4.79 Å². The summed E-state index contributed by atoms with van der Waals surface area (Å²) in [5, 5.41) is 2.22. The third-order valence-corrected chi connectivity index (χ3v) is 9.21. The zero-order chi connectivity index (χ0) is 17.2.